The smallest absolute Gasteiger partial charge is 0.330 e. The fourth-order valence-corrected chi connectivity index (χ4v) is 5.82. The molecule has 1 saturated carbocycles. The predicted octanol–water partition coefficient (Wildman–Crippen LogP) is 5.93. The third kappa shape index (κ3) is 4.73. The Labute approximate surface area is 213 Å². The molecule has 1 fully saturated rings. The summed E-state index contributed by atoms with van der Waals surface area (Å²) in [6, 6.07) is 6.25. The highest BCUT2D eigenvalue weighted by Gasteiger charge is 2.50. The Morgan fingerprint density at radius 2 is 1.67 bits per heavy atom. The van der Waals surface area contributed by atoms with Gasteiger partial charge >= 0.3 is 11.9 Å². The highest BCUT2D eigenvalue weighted by atomic mass is 16.6. The molecule has 2 aromatic carbocycles. The molecule has 0 spiro atoms. The van der Waals surface area contributed by atoms with Crippen LogP contribution in [-0.2, 0) is 30.9 Å². The van der Waals surface area contributed by atoms with Gasteiger partial charge in [-0.1, -0.05) is 45.2 Å². The number of esters is 2. The van der Waals surface area contributed by atoms with Crippen LogP contribution < -0.4 is 9.47 Å². The van der Waals surface area contributed by atoms with E-state index in [0.717, 1.165) is 60.1 Å². The summed E-state index contributed by atoms with van der Waals surface area (Å²) in [4.78, 5) is 23.4. The van der Waals surface area contributed by atoms with E-state index in [2.05, 4.69) is 45.2 Å². The van der Waals surface area contributed by atoms with E-state index in [9.17, 15) is 9.59 Å². The van der Waals surface area contributed by atoms with Gasteiger partial charge in [0, 0.05) is 34.1 Å². The van der Waals surface area contributed by atoms with Crippen LogP contribution in [0.1, 0.15) is 69.6 Å². The Morgan fingerprint density at radius 1 is 1.06 bits per heavy atom. The molecule has 0 N–H and O–H groups in total. The van der Waals surface area contributed by atoms with E-state index in [-0.39, 0.29) is 18.6 Å². The van der Waals surface area contributed by atoms with Gasteiger partial charge in [0.15, 0.2) is 0 Å². The summed E-state index contributed by atoms with van der Waals surface area (Å²) in [5.74, 6) is 1.21. The zero-order chi connectivity index (χ0) is 26.0. The summed E-state index contributed by atoms with van der Waals surface area (Å²) >= 11 is 0. The van der Waals surface area contributed by atoms with Crippen LogP contribution in [-0.4, -0.2) is 37.4 Å². The third-order valence-electron chi connectivity index (χ3n) is 7.39. The maximum atomic E-state index is 11.7. The number of aryl methyl sites for hydroxylation is 1. The molecule has 4 atom stereocenters. The van der Waals surface area contributed by atoms with Crippen molar-refractivity contribution in [1.82, 2.24) is 0 Å². The summed E-state index contributed by atoms with van der Waals surface area (Å²) in [7, 11) is 0. The normalized spacial score (nSPS) is 21.4. The Morgan fingerprint density at radius 3 is 2.25 bits per heavy atom. The molecule has 36 heavy (non-hydrogen) atoms. The number of ether oxygens (including phenoxy) is 4. The van der Waals surface area contributed by atoms with Crippen molar-refractivity contribution in [1.29, 1.82) is 0 Å². The Bertz CT molecular complexity index is 1200. The number of carbonyl (C=O) groups is 2. The van der Waals surface area contributed by atoms with Crippen LogP contribution in [0.3, 0.4) is 0 Å². The zero-order valence-electron chi connectivity index (χ0n) is 21.7. The largest absolute Gasteiger partial charge is 0.489 e. The fraction of sp³-hybridized carbons (Fsp3) is 0.467. The topological polar surface area (TPSA) is 71.1 Å². The molecular weight excluding hydrogens is 456 g/mol. The average Bonchev–Trinajstić information content (AvgIpc) is 3.39. The zero-order valence-corrected chi connectivity index (χ0v) is 21.7. The third-order valence-corrected chi connectivity index (χ3v) is 7.39. The van der Waals surface area contributed by atoms with Gasteiger partial charge in [-0.05, 0) is 56.4 Å². The highest BCUT2D eigenvalue weighted by Crippen LogP contribution is 2.64. The molecule has 0 heterocycles. The average molecular weight is 493 g/mol. The molecule has 0 aliphatic heterocycles. The summed E-state index contributed by atoms with van der Waals surface area (Å²) in [6.07, 6.45) is 5.58. The molecule has 0 aromatic heterocycles. The number of rotatable bonds is 11. The van der Waals surface area contributed by atoms with Gasteiger partial charge in [0.05, 0.1) is 0 Å². The van der Waals surface area contributed by atoms with Gasteiger partial charge in [0.25, 0.3) is 0 Å². The Balaban J connectivity index is 1.81. The minimum atomic E-state index is -0.463. The minimum Gasteiger partial charge on any atom is -0.489 e. The summed E-state index contributed by atoms with van der Waals surface area (Å²) < 4.78 is 23.7. The van der Waals surface area contributed by atoms with Crippen LogP contribution >= 0.6 is 0 Å². The maximum absolute atomic E-state index is 11.7. The lowest BCUT2D eigenvalue weighted by Gasteiger charge is -2.31. The van der Waals surface area contributed by atoms with E-state index in [0.29, 0.717) is 5.92 Å². The standard InChI is InChI=1S/C30H36O6/c1-7-20-11-10-12-22-25(20)29(34-17-19(5)36-24(32)9-3)26-21-13-14-30(6,15-21)27(26)28(22)33-16-18(4)35-23(31)8-2/h8-12,18-19,21H,2-3,7,13-17H2,1,4-6H3. The number of fused-ring (bicyclic) bond motifs is 6. The van der Waals surface area contributed by atoms with Crippen molar-refractivity contribution in [2.45, 2.75) is 76.9 Å². The Kier molecular flexibility index (Phi) is 7.43. The monoisotopic (exact) mass is 492 g/mol. The van der Waals surface area contributed by atoms with Crippen molar-refractivity contribution in [3.63, 3.8) is 0 Å². The molecule has 4 unspecified atom stereocenters. The molecule has 0 radical (unpaired) electrons. The molecule has 0 saturated heterocycles. The van der Waals surface area contributed by atoms with Crippen molar-refractivity contribution in [3.05, 3.63) is 60.2 Å². The van der Waals surface area contributed by atoms with Crippen molar-refractivity contribution in [2.24, 2.45) is 0 Å². The molecule has 6 nitrogen and oxygen atoms in total. The van der Waals surface area contributed by atoms with Gasteiger partial charge < -0.3 is 18.9 Å². The van der Waals surface area contributed by atoms with E-state index in [1.54, 1.807) is 0 Å². The highest BCUT2D eigenvalue weighted by molar-refractivity contribution is 5.99. The molecular formula is C30H36O6. The van der Waals surface area contributed by atoms with Crippen molar-refractivity contribution in [3.8, 4) is 11.5 Å². The van der Waals surface area contributed by atoms with E-state index >= 15 is 0 Å². The lowest BCUT2D eigenvalue weighted by atomic mass is 9.78. The van der Waals surface area contributed by atoms with Crippen LogP contribution in [0.2, 0.25) is 0 Å². The number of benzene rings is 2. The van der Waals surface area contributed by atoms with Crippen molar-refractivity contribution < 1.29 is 28.5 Å². The minimum absolute atomic E-state index is 0.00813. The molecule has 0 amide bonds. The fourth-order valence-electron chi connectivity index (χ4n) is 5.82. The lowest BCUT2D eigenvalue weighted by Crippen LogP contribution is -2.24. The lowest BCUT2D eigenvalue weighted by molar-refractivity contribution is -0.144. The first-order chi connectivity index (χ1) is 17.2. The SMILES string of the molecule is C=CC(=O)OC(C)COc1c2c(c(OCC(C)OC(=O)C=C)c3c(CC)cccc13)C1CCC2(C)C1. The van der Waals surface area contributed by atoms with Gasteiger partial charge in [0.1, 0.15) is 36.9 Å². The summed E-state index contributed by atoms with van der Waals surface area (Å²) in [5, 5.41) is 2.04. The quantitative estimate of drug-likeness (QED) is 0.286. The first kappa shape index (κ1) is 25.8. The van der Waals surface area contributed by atoms with Gasteiger partial charge in [-0.2, -0.15) is 0 Å². The molecule has 6 heteroatoms. The van der Waals surface area contributed by atoms with Crippen LogP contribution in [0.25, 0.3) is 10.8 Å². The second kappa shape index (κ2) is 10.4. The molecule has 2 aliphatic rings. The van der Waals surface area contributed by atoms with E-state index < -0.39 is 24.1 Å². The predicted molar refractivity (Wildman–Crippen MR) is 140 cm³/mol. The van der Waals surface area contributed by atoms with Crippen LogP contribution in [0.15, 0.2) is 43.5 Å². The number of hydrogen-bond acceptors (Lipinski definition) is 6. The molecule has 4 rings (SSSR count). The second-order valence-electron chi connectivity index (χ2n) is 10.2. The summed E-state index contributed by atoms with van der Waals surface area (Å²) in [5.41, 5.74) is 3.58. The molecule has 2 aliphatic carbocycles. The van der Waals surface area contributed by atoms with Crippen molar-refractivity contribution in [2.75, 3.05) is 13.2 Å². The van der Waals surface area contributed by atoms with Crippen LogP contribution in [0.5, 0.6) is 11.5 Å². The van der Waals surface area contributed by atoms with Crippen LogP contribution in [0, 0.1) is 0 Å². The van der Waals surface area contributed by atoms with E-state index in [4.69, 9.17) is 18.9 Å². The van der Waals surface area contributed by atoms with Gasteiger partial charge in [-0.15, -0.1) is 0 Å². The number of hydrogen-bond donors (Lipinski definition) is 0. The van der Waals surface area contributed by atoms with E-state index in [1.807, 2.05) is 13.8 Å². The van der Waals surface area contributed by atoms with Gasteiger partial charge in [-0.25, -0.2) is 9.59 Å². The van der Waals surface area contributed by atoms with Crippen LogP contribution in [0.4, 0.5) is 0 Å². The number of carbonyl (C=O) groups excluding carboxylic acids is 2. The molecule has 2 bridgehead atoms. The first-order valence-electron chi connectivity index (χ1n) is 12.8. The van der Waals surface area contributed by atoms with E-state index in [1.165, 1.54) is 16.7 Å². The van der Waals surface area contributed by atoms with Gasteiger partial charge in [-0.3, -0.25) is 0 Å². The molecule has 192 valence electrons. The van der Waals surface area contributed by atoms with Crippen molar-refractivity contribution >= 4 is 22.7 Å². The Hall–Kier alpha value is -3.28. The second-order valence-corrected chi connectivity index (χ2v) is 10.2. The summed E-state index contributed by atoms with van der Waals surface area (Å²) in [6.45, 7) is 15.5. The molecule has 2 aromatic rings. The first-order valence-corrected chi connectivity index (χ1v) is 12.8. The maximum Gasteiger partial charge on any atom is 0.330 e. The van der Waals surface area contributed by atoms with Gasteiger partial charge in [0.2, 0.25) is 0 Å².